The van der Waals surface area contributed by atoms with Crippen molar-refractivity contribution in [2.45, 2.75) is 6.61 Å². The second kappa shape index (κ2) is 6.88. The molecule has 0 atom stereocenters. The normalized spacial score (nSPS) is 11.4. The van der Waals surface area contributed by atoms with Crippen LogP contribution in [0.2, 0.25) is 0 Å². The maximum Gasteiger partial charge on any atom is 0.435 e. The van der Waals surface area contributed by atoms with Crippen molar-refractivity contribution in [3.8, 4) is 0 Å². The molecule has 0 aliphatic carbocycles. The zero-order chi connectivity index (χ0) is 17.8. The summed E-state index contributed by atoms with van der Waals surface area (Å²) in [4.78, 5) is 29.2. The van der Waals surface area contributed by atoms with Crippen molar-refractivity contribution in [2.24, 2.45) is 10.7 Å². The smallest absolute Gasteiger partial charge is 0.435 e. The highest BCUT2D eigenvalue weighted by molar-refractivity contribution is 6.05. The van der Waals surface area contributed by atoms with Gasteiger partial charge in [-0.05, 0) is 17.7 Å². The summed E-state index contributed by atoms with van der Waals surface area (Å²) in [5, 5.41) is 9.72. The summed E-state index contributed by atoms with van der Waals surface area (Å²) < 4.78 is 5.05. The van der Waals surface area contributed by atoms with Gasteiger partial charge in [0.2, 0.25) is 0 Å². The molecule has 1 aromatic heterocycles. The Hall–Kier alpha value is -3.61. The fourth-order valence-corrected chi connectivity index (χ4v) is 2.32. The molecule has 0 radical (unpaired) electrons. The number of amides is 1. The Balaban J connectivity index is 1.73. The number of ether oxygens (including phenoxy) is 1. The fourth-order valence-electron chi connectivity index (χ4n) is 2.32. The number of aromatic nitrogens is 1. The first-order valence-electron chi connectivity index (χ1n) is 7.44. The van der Waals surface area contributed by atoms with E-state index >= 15 is 0 Å². The van der Waals surface area contributed by atoms with E-state index in [1.807, 2.05) is 30.3 Å². The predicted molar refractivity (Wildman–Crippen MR) is 92.6 cm³/mol. The molecule has 2 aromatic carbocycles. The van der Waals surface area contributed by atoms with Crippen molar-refractivity contribution >= 4 is 28.8 Å². The number of nitrogens with one attached hydrogen (secondary N) is 1. The van der Waals surface area contributed by atoms with Crippen LogP contribution in [0.5, 0.6) is 0 Å². The molecule has 4 N–H and O–H groups in total. The van der Waals surface area contributed by atoms with Gasteiger partial charge < -0.3 is 20.6 Å². The number of hydrogen-bond acceptors (Lipinski definition) is 3. The molecule has 0 unspecified atom stereocenters. The Morgan fingerprint density at radius 3 is 2.60 bits per heavy atom. The molecule has 0 spiro atoms. The summed E-state index contributed by atoms with van der Waals surface area (Å²) in [6.07, 6.45) is -0.792. The molecule has 7 nitrogen and oxygen atoms in total. The first-order valence-corrected chi connectivity index (χ1v) is 7.44. The van der Waals surface area contributed by atoms with Gasteiger partial charge in [-0.3, -0.25) is 0 Å². The van der Waals surface area contributed by atoms with Crippen molar-refractivity contribution in [1.29, 1.82) is 0 Å². The SMILES string of the molecule is N/C(=N\C(=O)OCc1ccccc1)c1ccc2cc(C(=O)O)[nH]c2c1. The van der Waals surface area contributed by atoms with Gasteiger partial charge in [0.05, 0.1) is 0 Å². The lowest BCUT2D eigenvalue weighted by atomic mass is 10.1. The van der Waals surface area contributed by atoms with Crippen molar-refractivity contribution < 1.29 is 19.4 Å². The second-order valence-corrected chi connectivity index (χ2v) is 5.33. The van der Waals surface area contributed by atoms with E-state index in [0.717, 1.165) is 10.9 Å². The van der Waals surface area contributed by atoms with Crippen LogP contribution in [0.4, 0.5) is 4.79 Å². The molecular formula is C18H15N3O4. The molecule has 1 amide bonds. The maximum atomic E-state index is 11.8. The topological polar surface area (TPSA) is 118 Å². The number of amidine groups is 1. The van der Waals surface area contributed by atoms with Crippen LogP contribution in [-0.4, -0.2) is 28.0 Å². The van der Waals surface area contributed by atoms with Crippen LogP contribution in [-0.2, 0) is 11.3 Å². The number of carboxylic acid groups (broad SMARTS) is 1. The van der Waals surface area contributed by atoms with Gasteiger partial charge in [-0.15, -0.1) is 0 Å². The molecule has 0 saturated carbocycles. The quantitative estimate of drug-likeness (QED) is 0.500. The molecule has 3 rings (SSSR count). The van der Waals surface area contributed by atoms with E-state index in [2.05, 4.69) is 9.98 Å². The van der Waals surface area contributed by atoms with E-state index in [1.165, 1.54) is 6.07 Å². The van der Waals surface area contributed by atoms with Gasteiger partial charge >= 0.3 is 12.1 Å². The molecule has 0 aliphatic rings. The first-order chi connectivity index (χ1) is 12.0. The number of hydrogen-bond donors (Lipinski definition) is 3. The van der Waals surface area contributed by atoms with Crippen molar-refractivity contribution in [1.82, 2.24) is 4.98 Å². The molecule has 1 heterocycles. The van der Waals surface area contributed by atoms with Crippen molar-refractivity contribution in [2.75, 3.05) is 0 Å². The standard InChI is InChI=1S/C18H15N3O4/c19-16(21-18(24)25-10-11-4-2-1-3-5-11)13-7-6-12-8-15(17(22)23)20-14(12)9-13/h1-9,20H,10H2,(H,22,23)(H2,19,21,24). The summed E-state index contributed by atoms with van der Waals surface area (Å²) in [5.41, 5.74) is 7.84. The number of nitrogens with two attached hydrogens (primary N) is 1. The molecule has 7 heteroatoms. The number of aromatic carboxylic acids is 1. The Labute approximate surface area is 142 Å². The van der Waals surface area contributed by atoms with E-state index in [9.17, 15) is 9.59 Å². The lowest BCUT2D eigenvalue weighted by Gasteiger charge is -2.03. The van der Waals surface area contributed by atoms with Gasteiger partial charge in [-0.1, -0.05) is 42.5 Å². The molecule has 0 aliphatic heterocycles. The molecule has 3 aromatic rings. The molecule has 126 valence electrons. The minimum atomic E-state index is -1.05. The van der Waals surface area contributed by atoms with Gasteiger partial charge in [0.15, 0.2) is 0 Å². The average Bonchev–Trinajstić information content (AvgIpc) is 3.04. The van der Waals surface area contributed by atoms with E-state index in [-0.39, 0.29) is 18.1 Å². The van der Waals surface area contributed by atoms with Crippen LogP contribution in [0.15, 0.2) is 59.6 Å². The van der Waals surface area contributed by atoms with Gasteiger partial charge in [0, 0.05) is 16.5 Å². The summed E-state index contributed by atoms with van der Waals surface area (Å²) in [6.45, 7) is 0.105. The van der Waals surface area contributed by atoms with E-state index in [4.69, 9.17) is 15.6 Å². The summed E-state index contributed by atoms with van der Waals surface area (Å²) in [6, 6.07) is 15.7. The maximum absolute atomic E-state index is 11.8. The van der Waals surface area contributed by atoms with Gasteiger partial charge in [-0.2, -0.15) is 4.99 Å². The zero-order valence-corrected chi connectivity index (χ0v) is 13.1. The van der Waals surface area contributed by atoms with E-state index in [0.29, 0.717) is 11.1 Å². The minimum absolute atomic E-state index is 0.00793. The Morgan fingerprint density at radius 1 is 1.12 bits per heavy atom. The second-order valence-electron chi connectivity index (χ2n) is 5.33. The number of carbonyl (C=O) groups is 2. The Bertz CT molecular complexity index is 961. The van der Waals surface area contributed by atoms with Crippen LogP contribution < -0.4 is 5.73 Å². The third-order valence-electron chi connectivity index (χ3n) is 3.57. The number of H-pyrrole nitrogens is 1. The van der Waals surface area contributed by atoms with Crippen LogP contribution >= 0.6 is 0 Å². The molecule has 0 bridgehead atoms. The number of aromatic amines is 1. The third kappa shape index (κ3) is 3.84. The molecule has 25 heavy (non-hydrogen) atoms. The number of carbonyl (C=O) groups excluding carboxylic acids is 1. The van der Waals surface area contributed by atoms with Crippen molar-refractivity contribution in [3.63, 3.8) is 0 Å². The number of aliphatic imine (C=N–C) groups is 1. The van der Waals surface area contributed by atoms with E-state index in [1.54, 1.807) is 18.2 Å². The number of benzene rings is 2. The highest BCUT2D eigenvalue weighted by Crippen LogP contribution is 2.17. The highest BCUT2D eigenvalue weighted by atomic mass is 16.5. The Morgan fingerprint density at radius 2 is 1.88 bits per heavy atom. The van der Waals surface area contributed by atoms with Crippen molar-refractivity contribution in [3.05, 3.63) is 71.4 Å². The predicted octanol–water partition coefficient (Wildman–Crippen LogP) is 2.91. The van der Waals surface area contributed by atoms with Gasteiger partial charge in [-0.25, -0.2) is 9.59 Å². The monoisotopic (exact) mass is 337 g/mol. The third-order valence-corrected chi connectivity index (χ3v) is 3.57. The van der Waals surface area contributed by atoms with Gasteiger partial charge in [0.1, 0.15) is 18.1 Å². The van der Waals surface area contributed by atoms with Crippen LogP contribution in [0.1, 0.15) is 21.6 Å². The van der Waals surface area contributed by atoms with Crippen LogP contribution in [0.3, 0.4) is 0 Å². The molecule has 0 saturated heterocycles. The highest BCUT2D eigenvalue weighted by Gasteiger charge is 2.10. The number of nitrogens with zero attached hydrogens (tertiary/aromatic N) is 1. The lowest BCUT2D eigenvalue weighted by molar-refractivity contribution is 0.0691. The molecular weight excluding hydrogens is 322 g/mol. The fraction of sp³-hybridized carbons (Fsp3) is 0.0556. The minimum Gasteiger partial charge on any atom is -0.477 e. The zero-order valence-electron chi connectivity index (χ0n) is 13.1. The largest absolute Gasteiger partial charge is 0.477 e. The summed E-state index contributed by atoms with van der Waals surface area (Å²) in [7, 11) is 0. The van der Waals surface area contributed by atoms with Gasteiger partial charge in [0.25, 0.3) is 0 Å². The van der Waals surface area contributed by atoms with Crippen LogP contribution in [0.25, 0.3) is 10.9 Å². The molecule has 0 fully saturated rings. The van der Waals surface area contributed by atoms with Crippen LogP contribution in [0, 0.1) is 0 Å². The number of carboxylic acids is 1. The number of fused-ring (bicyclic) bond motifs is 1. The summed E-state index contributed by atoms with van der Waals surface area (Å²) in [5.74, 6) is -1.06. The lowest BCUT2D eigenvalue weighted by Crippen LogP contribution is -2.16. The van der Waals surface area contributed by atoms with E-state index < -0.39 is 12.1 Å². The number of rotatable bonds is 4. The first kappa shape index (κ1) is 16.3. The average molecular weight is 337 g/mol. The summed E-state index contributed by atoms with van der Waals surface area (Å²) >= 11 is 0. The Kier molecular flexibility index (Phi) is 4.47.